The number of piperidine rings is 1. The fraction of sp³-hybridized carbons (Fsp3) is 0.800. The van der Waals surface area contributed by atoms with Gasteiger partial charge in [0.2, 0.25) is 0 Å². The molecule has 0 saturated carbocycles. The Labute approximate surface area is 132 Å². The Balaban J connectivity index is 2.04. The molecule has 0 aliphatic carbocycles. The monoisotopic (exact) mass is 312 g/mol. The fourth-order valence-corrected chi connectivity index (χ4v) is 3.96. The Bertz CT molecular complexity index is 406. The first kappa shape index (κ1) is 16.7. The van der Waals surface area contributed by atoms with Gasteiger partial charge in [-0.2, -0.15) is 0 Å². The highest BCUT2D eigenvalue weighted by atomic mass is 32.1. The van der Waals surface area contributed by atoms with Crippen molar-refractivity contribution in [2.45, 2.75) is 39.0 Å². The SMILES string of the molecule is CCN1CCC(N(C)c2nc(COC)c(CNC)s2)CC1. The van der Waals surface area contributed by atoms with Crippen LogP contribution in [-0.4, -0.2) is 56.8 Å². The molecule has 0 amide bonds. The average molecular weight is 312 g/mol. The summed E-state index contributed by atoms with van der Waals surface area (Å²) in [5.41, 5.74) is 1.07. The first-order valence-electron chi connectivity index (χ1n) is 7.76. The highest BCUT2D eigenvalue weighted by Crippen LogP contribution is 2.29. The Morgan fingerprint density at radius 1 is 1.43 bits per heavy atom. The van der Waals surface area contributed by atoms with Gasteiger partial charge in [-0.25, -0.2) is 4.98 Å². The van der Waals surface area contributed by atoms with Gasteiger partial charge in [0.25, 0.3) is 0 Å². The quantitative estimate of drug-likeness (QED) is 0.833. The van der Waals surface area contributed by atoms with Crippen molar-refractivity contribution in [2.75, 3.05) is 45.7 Å². The molecule has 0 aromatic carbocycles. The van der Waals surface area contributed by atoms with Crippen molar-refractivity contribution in [3.8, 4) is 0 Å². The van der Waals surface area contributed by atoms with E-state index in [1.807, 2.05) is 7.05 Å². The van der Waals surface area contributed by atoms with Crippen LogP contribution in [0.2, 0.25) is 0 Å². The Hall–Kier alpha value is -0.690. The maximum absolute atomic E-state index is 5.27. The Morgan fingerprint density at radius 3 is 2.71 bits per heavy atom. The second kappa shape index (κ2) is 8.08. The average Bonchev–Trinajstić information content (AvgIpc) is 2.90. The van der Waals surface area contributed by atoms with Crippen LogP contribution in [0.3, 0.4) is 0 Å². The van der Waals surface area contributed by atoms with E-state index in [-0.39, 0.29) is 0 Å². The maximum Gasteiger partial charge on any atom is 0.185 e. The summed E-state index contributed by atoms with van der Waals surface area (Å²) < 4.78 is 5.27. The van der Waals surface area contributed by atoms with Gasteiger partial charge in [-0.3, -0.25) is 0 Å². The standard InChI is InChI=1S/C15H28N4OS/c1-5-19-8-6-12(7-9-19)18(3)15-17-13(11-20-4)14(21-15)10-16-2/h12,16H,5-11H2,1-4H3. The molecule has 2 heterocycles. The molecule has 1 aromatic rings. The fourth-order valence-electron chi connectivity index (χ4n) is 2.85. The minimum absolute atomic E-state index is 0.593. The Kier molecular flexibility index (Phi) is 6.41. The lowest BCUT2D eigenvalue weighted by molar-refractivity contribution is 0.181. The summed E-state index contributed by atoms with van der Waals surface area (Å²) in [6.45, 7) is 7.26. The molecule has 0 unspecified atom stereocenters. The molecule has 5 nitrogen and oxygen atoms in total. The number of aromatic nitrogens is 1. The van der Waals surface area contributed by atoms with Crippen molar-refractivity contribution in [1.82, 2.24) is 15.2 Å². The van der Waals surface area contributed by atoms with Crippen molar-refractivity contribution < 1.29 is 4.74 Å². The first-order chi connectivity index (χ1) is 10.2. The number of nitrogens with one attached hydrogen (secondary N) is 1. The summed E-state index contributed by atoms with van der Waals surface area (Å²) >= 11 is 1.79. The lowest BCUT2D eigenvalue weighted by Crippen LogP contribution is -2.43. The highest BCUT2D eigenvalue weighted by molar-refractivity contribution is 7.15. The van der Waals surface area contributed by atoms with E-state index in [0.717, 1.165) is 23.9 Å². The van der Waals surface area contributed by atoms with Crippen molar-refractivity contribution in [3.63, 3.8) is 0 Å². The topological polar surface area (TPSA) is 40.6 Å². The van der Waals surface area contributed by atoms with E-state index >= 15 is 0 Å². The molecular weight excluding hydrogens is 284 g/mol. The van der Waals surface area contributed by atoms with E-state index in [1.165, 1.54) is 30.8 Å². The molecule has 0 radical (unpaired) electrons. The smallest absolute Gasteiger partial charge is 0.185 e. The summed E-state index contributed by atoms with van der Waals surface area (Å²) in [6.07, 6.45) is 2.45. The zero-order valence-electron chi connectivity index (χ0n) is 13.7. The lowest BCUT2D eigenvalue weighted by atomic mass is 10.0. The van der Waals surface area contributed by atoms with Gasteiger partial charge in [0.05, 0.1) is 12.3 Å². The van der Waals surface area contributed by atoms with Crippen molar-refractivity contribution >= 4 is 16.5 Å². The Morgan fingerprint density at radius 2 is 2.14 bits per heavy atom. The van der Waals surface area contributed by atoms with Crippen molar-refractivity contribution in [3.05, 3.63) is 10.6 Å². The summed E-state index contributed by atoms with van der Waals surface area (Å²) in [5.74, 6) is 0. The maximum atomic E-state index is 5.27. The number of nitrogens with zero attached hydrogens (tertiary/aromatic N) is 3. The van der Waals surface area contributed by atoms with E-state index in [4.69, 9.17) is 9.72 Å². The molecule has 120 valence electrons. The third-order valence-corrected chi connectivity index (χ3v) is 5.43. The van der Waals surface area contributed by atoms with E-state index < -0.39 is 0 Å². The molecule has 1 fully saturated rings. The van der Waals surface area contributed by atoms with Crippen LogP contribution in [0.4, 0.5) is 5.13 Å². The number of likely N-dealkylation sites (tertiary alicyclic amines) is 1. The van der Waals surface area contributed by atoms with Gasteiger partial charge in [-0.05, 0) is 26.4 Å². The van der Waals surface area contributed by atoms with Gasteiger partial charge in [-0.15, -0.1) is 11.3 Å². The van der Waals surface area contributed by atoms with Crippen LogP contribution in [0.25, 0.3) is 0 Å². The van der Waals surface area contributed by atoms with Gasteiger partial charge in [0, 0.05) is 44.7 Å². The molecular formula is C15H28N4OS. The van der Waals surface area contributed by atoms with Gasteiger partial charge in [0.15, 0.2) is 5.13 Å². The van der Waals surface area contributed by atoms with E-state index in [2.05, 4.69) is 29.1 Å². The highest BCUT2D eigenvalue weighted by Gasteiger charge is 2.24. The zero-order chi connectivity index (χ0) is 15.2. The number of ether oxygens (including phenoxy) is 1. The molecule has 6 heteroatoms. The van der Waals surface area contributed by atoms with Crippen LogP contribution < -0.4 is 10.2 Å². The van der Waals surface area contributed by atoms with Gasteiger partial charge in [-0.1, -0.05) is 6.92 Å². The largest absolute Gasteiger partial charge is 0.378 e. The molecule has 1 aliphatic rings. The molecule has 1 aliphatic heterocycles. The molecule has 2 rings (SSSR count). The third-order valence-electron chi connectivity index (χ3n) is 4.24. The van der Waals surface area contributed by atoms with Crippen LogP contribution in [0.1, 0.15) is 30.3 Å². The summed E-state index contributed by atoms with van der Waals surface area (Å²) in [5, 5.41) is 4.34. The summed E-state index contributed by atoms with van der Waals surface area (Å²) in [6, 6.07) is 0.608. The molecule has 21 heavy (non-hydrogen) atoms. The number of methoxy groups -OCH3 is 1. The van der Waals surface area contributed by atoms with Crippen LogP contribution in [-0.2, 0) is 17.9 Å². The van der Waals surface area contributed by atoms with Gasteiger partial charge in [0.1, 0.15) is 0 Å². The molecule has 1 saturated heterocycles. The summed E-state index contributed by atoms with van der Waals surface area (Å²) in [7, 11) is 5.89. The normalized spacial score (nSPS) is 17.3. The predicted molar refractivity (Wildman–Crippen MR) is 89.1 cm³/mol. The molecule has 0 bridgehead atoms. The minimum Gasteiger partial charge on any atom is -0.378 e. The molecule has 0 spiro atoms. The molecule has 1 N–H and O–H groups in total. The predicted octanol–water partition coefficient (Wildman–Crippen LogP) is 1.93. The first-order valence-corrected chi connectivity index (χ1v) is 8.58. The van der Waals surface area contributed by atoms with Crippen LogP contribution in [0.15, 0.2) is 0 Å². The lowest BCUT2D eigenvalue weighted by Gasteiger charge is -2.36. The molecule has 1 aromatic heterocycles. The zero-order valence-corrected chi connectivity index (χ0v) is 14.5. The van der Waals surface area contributed by atoms with Crippen LogP contribution >= 0.6 is 11.3 Å². The van der Waals surface area contributed by atoms with Crippen molar-refractivity contribution in [2.24, 2.45) is 0 Å². The number of rotatable bonds is 7. The van der Waals surface area contributed by atoms with Crippen LogP contribution in [0, 0.1) is 0 Å². The molecule has 0 atom stereocenters. The number of thiazole rings is 1. The second-order valence-electron chi connectivity index (χ2n) is 5.61. The van der Waals surface area contributed by atoms with E-state index in [9.17, 15) is 0 Å². The second-order valence-corrected chi connectivity index (χ2v) is 6.67. The summed E-state index contributed by atoms with van der Waals surface area (Å²) in [4.78, 5) is 11.0. The number of anilines is 1. The van der Waals surface area contributed by atoms with E-state index in [1.54, 1.807) is 18.4 Å². The van der Waals surface area contributed by atoms with Gasteiger partial charge < -0.3 is 19.9 Å². The minimum atomic E-state index is 0.593. The number of hydrogen-bond acceptors (Lipinski definition) is 6. The van der Waals surface area contributed by atoms with Crippen molar-refractivity contribution in [1.29, 1.82) is 0 Å². The van der Waals surface area contributed by atoms with Gasteiger partial charge >= 0.3 is 0 Å². The third kappa shape index (κ3) is 4.16. The van der Waals surface area contributed by atoms with Crippen LogP contribution in [0.5, 0.6) is 0 Å². The number of hydrogen-bond donors (Lipinski definition) is 1. The van der Waals surface area contributed by atoms with E-state index in [0.29, 0.717) is 12.6 Å².